The Hall–Kier alpha value is -1.63. The minimum atomic E-state index is -1.43. The van der Waals surface area contributed by atoms with Crippen LogP contribution in [0.15, 0.2) is 0 Å². The molecule has 0 radical (unpaired) electrons. The van der Waals surface area contributed by atoms with E-state index in [1.165, 1.54) is 0 Å². The van der Waals surface area contributed by atoms with Gasteiger partial charge in [-0.1, -0.05) is 13.8 Å². The fourth-order valence-electron chi connectivity index (χ4n) is 1.50. The fraction of sp³-hybridized carbons (Fsp3) is 0.727. The summed E-state index contributed by atoms with van der Waals surface area (Å²) >= 11 is 0. The average molecular weight is 259 g/mol. The van der Waals surface area contributed by atoms with Gasteiger partial charge in [-0.2, -0.15) is 0 Å². The molecule has 0 saturated heterocycles. The predicted molar refractivity (Wildman–Crippen MR) is 61.5 cm³/mol. The van der Waals surface area contributed by atoms with Gasteiger partial charge in [0, 0.05) is 12.8 Å². The summed E-state index contributed by atoms with van der Waals surface area (Å²) in [5.41, 5.74) is 8.59. The van der Waals surface area contributed by atoms with Gasteiger partial charge in [-0.3, -0.25) is 9.59 Å². The number of aliphatic carboxylic acids is 1. The molecule has 104 valence electrons. The molecule has 2 atom stereocenters. The SMILES string of the molecule is CC(C)C[C@@H]([NH3+])C(=O)N[C@H](CCC(N)=O)C(=O)[O-]. The molecule has 0 aliphatic carbocycles. The molecule has 0 unspecified atom stereocenters. The third kappa shape index (κ3) is 6.85. The summed E-state index contributed by atoms with van der Waals surface area (Å²) in [5.74, 6) is -2.22. The summed E-state index contributed by atoms with van der Waals surface area (Å²) in [6.45, 7) is 3.88. The van der Waals surface area contributed by atoms with Crippen molar-refractivity contribution in [1.29, 1.82) is 0 Å². The van der Waals surface area contributed by atoms with Crippen molar-refractivity contribution in [3.05, 3.63) is 0 Å². The zero-order valence-electron chi connectivity index (χ0n) is 10.8. The maximum absolute atomic E-state index is 11.7. The van der Waals surface area contributed by atoms with Crippen LogP contribution in [0, 0.1) is 5.92 Å². The second kappa shape index (κ2) is 7.65. The lowest BCUT2D eigenvalue weighted by Crippen LogP contribution is -2.69. The topological polar surface area (TPSA) is 140 Å². The van der Waals surface area contributed by atoms with Crippen LogP contribution < -0.4 is 21.9 Å². The Bertz CT molecular complexity index is 317. The molecule has 0 aromatic rings. The van der Waals surface area contributed by atoms with E-state index in [-0.39, 0.29) is 18.8 Å². The van der Waals surface area contributed by atoms with E-state index >= 15 is 0 Å². The fourth-order valence-corrected chi connectivity index (χ4v) is 1.50. The molecule has 7 heteroatoms. The van der Waals surface area contributed by atoms with Gasteiger partial charge in [0.1, 0.15) is 0 Å². The number of quaternary nitrogens is 1. The first-order chi connectivity index (χ1) is 8.23. The molecular weight excluding hydrogens is 238 g/mol. The smallest absolute Gasteiger partial charge is 0.278 e. The van der Waals surface area contributed by atoms with Crippen LogP contribution >= 0.6 is 0 Å². The van der Waals surface area contributed by atoms with E-state index in [2.05, 4.69) is 11.1 Å². The first-order valence-electron chi connectivity index (χ1n) is 5.86. The van der Waals surface area contributed by atoms with Gasteiger partial charge in [0.25, 0.3) is 5.91 Å². The van der Waals surface area contributed by atoms with Crippen LogP contribution in [0.4, 0.5) is 0 Å². The lowest BCUT2D eigenvalue weighted by molar-refractivity contribution is -0.406. The Morgan fingerprint density at radius 3 is 2.28 bits per heavy atom. The molecule has 0 saturated carbocycles. The molecule has 18 heavy (non-hydrogen) atoms. The van der Waals surface area contributed by atoms with E-state index in [9.17, 15) is 19.5 Å². The molecule has 2 amide bonds. The molecule has 0 rings (SSSR count). The van der Waals surface area contributed by atoms with Crippen molar-refractivity contribution in [1.82, 2.24) is 5.32 Å². The van der Waals surface area contributed by atoms with Crippen LogP contribution in [-0.4, -0.2) is 29.9 Å². The molecule has 0 aliphatic rings. The molecular formula is C11H21N3O4. The molecule has 0 heterocycles. The standard InChI is InChI=1S/C11H21N3O4/c1-6(2)5-7(12)10(16)14-8(11(17)18)3-4-9(13)15/h6-8H,3-5,12H2,1-2H3,(H2,13,15)(H,14,16)(H,17,18)/t7-,8-/m1/s1. The number of nitrogens with one attached hydrogen (secondary N) is 1. The largest absolute Gasteiger partial charge is 0.548 e. The second-order valence-corrected chi connectivity index (χ2v) is 4.71. The Kier molecular flexibility index (Phi) is 6.96. The summed E-state index contributed by atoms with van der Waals surface area (Å²) in [6, 6.07) is -1.73. The van der Waals surface area contributed by atoms with Crippen LogP contribution in [0.2, 0.25) is 0 Å². The monoisotopic (exact) mass is 259 g/mol. The lowest BCUT2D eigenvalue weighted by atomic mass is 10.0. The van der Waals surface area contributed by atoms with Gasteiger partial charge in [-0.05, 0) is 12.3 Å². The molecule has 0 aromatic heterocycles. The van der Waals surface area contributed by atoms with Crippen molar-refractivity contribution in [3.8, 4) is 0 Å². The number of hydrogen-bond donors (Lipinski definition) is 3. The van der Waals surface area contributed by atoms with Gasteiger partial charge < -0.3 is 26.7 Å². The van der Waals surface area contributed by atoms with Gasteiger partial charge in [0.15, 0.2) is 6.04 Å². The van der Waals surface area contributed by atoms with Crippen molar-refractivity contribution in [3.63, 3.8) is 0 Å². The summed E-state index contributed by atoms with van der Waals surface area (Å²) < 4.78 is 0. The van der Waals surface area contributed by atoms with Crippen LogP contribution in [-0.2, 0) is 14.4 Å². The number of carbonyl (C=O) groups excluding carboxylic acids is 3. The number of hydrogen-bond acceptors (Lipinski definition) is 4. The van der Waals surface area contributed by atoms with Crippen LogP contribution in [0.25, 0.3) is 0 Å². The Morgan fingerprint density at radius 2 is 1.89 bits per heavy atom. The van der Waals surface area contributed by atoms with E-state index in [0.29, 0.717) is 6.42 Å². The maximum Gasteiger partial charge on any atom is 0.278 e. The van der Waals surface area contributed by atoms with E-state index in [4.69, 9.17) is 5.73 Å². The summed E-state index contributed by atoms with van der Waals surface area (Å²) in [5, 5.41) is 13.1. The highest BCUT2D eigenvalue weighted by Crippen LogP contribution is 2.03. The summed E-state index contributed by atoms with van der Waals surface area (Å²) in [6.07, 6.45) is 0.365. The Morgan fingerprint density at radius 1 is 1.33 bits per heavy atom. The molecule has 0 fully saturated rings. The minimum absolute atomic E-state index is 0.0716. The third-order valence-corrected chi connectivity index (χ3v) is 2.41. The van der Waals surface area contributed by atoms with Crippen LogP contribution in [0.1, 0.15) is 33.1 Å². The first-order valence-corrected chi connectivity index (χ1v) is 5.86. The normalized spacial score (nSPS) is 14.0. The number of nitrogens with two attached hydrogens (primary N) is 1. The van der Waals surface area contributed by atoms with Gasteiger partial charge in [0.2, 0.25) is 5.91 Å². The molecule has 7 nitrogen and oxygen atoms in total. The van der Waals surface area contributed by atoms with E-state index in [1.807, 2.05) is 13.8 Å². The highest BCUT2D eigenvalue weighted by atomic mass is 16.4. The number of carboxylic acids is 1. The zero-order valence-corrected chi connectivity index (χ0v) is 10.8. The number of amides is 2. The minimum Gasteiger partial charge on any atom is -0.548 e. The lowest BCUT2D eigenvalue weighted by Gasteiger charge is -2.20. The van der Waals surface area contributed by atoms with Gasteiger partial charge in [-0.15, -0.1) is 0 Å². The summed E-state index contributed by atoms with van der Waals surface area (Å²) in [7, 11) is 0. The maximum atomic E-state index is 11.7. The summed E-state index contributed by atoms with van der Waals surface area (Å²) in [4.78, 5) is 33.0. The Balaban J connectivity index is 4.35. The van der Waals surface area contributed by atoms with E-state index < -0.39 is 29.9 Å². The highest BCUT2D eigenvalue weighted by Gasteiger charge is 2.22. The van der Waals surface area contributed by atoms with Crippen molar-refractivity contribution >= 4 is 17.8 Å². The molecule has 0 aromatic carbocycles. The van der Waals surface area contributed by atoms with Gasteiger partial charge >= 0.3 is 0 Å². The average Bonchev–Trinajstić information content (AvgIpc) is 2.21. The second-order valence-electron chi connectivity index (χ2n) is 4.71. The molecule has 0 bridgehead atoms. The van der Waals surface area contributed by atoms with Crippen molar-refractivity contribution in [2.75, 3.05) is 0 Å². The number of rotatable bonds is 8. The number of carbonyl (C=O) groups is 3. The quantitative estimate of drug-likeness (QED) is 0.431. The molecule has 0 spiro atoms. The van der Waals surface area contributed by atoms with Gasteiger partial charge in [-0.25, -0.2) is 0 Å². The highest BCUT2D eigenvalue weighted by molar-refractivity contribution is 5.85. The first kappa shape index (κ1) is 16.4. The number of carboxylic acid groups (broad SMARTS) is 1. The van der Waals surface area contributed by atoms with E-state index in [1.54, 1.807) is 0 Å². The van der Waals surface area contributed by atoms with Crippen LogP contribution in [0.5, 0.6) is 0 Å². The predicted octanol–water partition coefficient (Wildman–Crippen LogP) is -2.86. The molecule has 6 N–H and O–H groups in total. The van der Waals surface area contributed by atoms with E-state index in [0.717, 1.165) is 0 Å². The van der Waals surface area contributed by atoms with Crippen molar-refractivity contribution in [2.45, 2.75) is 45.2 Å². The Labute approximate surface area is 106 Å². The zero-order chi connectivity index (χ0) is 14.3. The third-order valence-electron chi connectivity index (χ3n) is 2.41. The van der Waals surface area contributed by atoms with Crippen molar-refractivity contribution in [2.24, 2.45) is 11.7 Å². The van der Waals surface area contributed by atoms with Crippen molar-refractivity contribution < 1.29 is 25.2 Å². The van der Waals surface area contributed by atoms with Gasteiger partial charge in [0.05, 0.1) is 12.0 Å². The molecule has 0 aliphatic heterocycles. The van der Waals surface area contributed by atoms with Crippen LogP contribution in [0.3, 0.4) is 0 Å². The number of primary amides is 1.